The summed E-state index contributed by atoms with van der Waals surface area (Å²) in [6.07, 6.45) is 4.73. The standard InChI is InChI=1S/C22H39N3O4.C3H8/c1-9-29-21(28)16(3)12-13-24(7)20(27)18(22(4,5)6)23-19(26)17-11-10-15(2)14-25(17)8;1-3-2/h12,15,17-18H,9-11,13-14H2,1-8H3,(H,23,26);3H2,1-2H3/b16-12+;. The highest BCUT2D eigenvalue weighted by molar-refractivity contribution is 5.91. The molecule has 0 aromatic heterocycles. The second-order valence-corrected chi connectivity index (χ2v) is 9.98. The molecule has 1 heterocycles. The molecule has 0 saturated carbocycles. The van der Waals surface area contributed by atoms with Crippen LogP contribution in [-0.2, 0) is 19.1 Å². The summed E-state index contributed by atoms with van der Waals surface area (Å²) < 4.78 is 4.96. The molecule has 1 N–H and O–H groups in total. The topological polar surface area (TPSA) is 79.0 Å². The number of likely N-dealkylation sites (N-methyl/N-ethyl adjacent to an activating group) is 2. The molecular weight excluding hydrogens is 406 g/mol. The third kappa shape index (κ3) is 10.2. The lowest BCUT2D eigenvalue weighted by Crippen LogP contribution is -2.58. The van der Waals surface area contributed by atoms with Crippen molar-refractivity contribution < 1.29 is 19.1 Å². The van der Waals surface area contributed by atoms with Gasteiger partial charge in [-0.1, -0.05) is 54.0 Å². The first-order chi connectivity index (χ1) is 14.8. The van der Waals surface area contributed by atoms with Crippen molar-refractivity contribution in [1.29, 1.82) is 0 Å². The first-order valence-corrected chi connectivity index (χ1v) is 11.9. The zero-order valence-electron chi connectivity index (χ0n) is 22.1. The predicted molar refractivity (Wildman–Crippen MR) is 130 cm³/mol. The second-order valence-electron chi connectivity index (χ2n) is 9.98. The number of carbonyl (C=O) groups excluding carboxylic acids is 3. The summed E-state index contributed by atoms with van der Waals surface area (Å²) in [7, 11) is 3.64. The minimum atomic E-state index is -0.649. The van der Waals surface area contributed by atoms with Crippen LogP contribution in [0.25, 0.3) is 0 Å². The number of likely N-dealkylation sites (tertiary alicyclic amines) is 1. The Balaban J connectivity index is 0.00000302. The number of hydrogen-bond acceptors (Lipinski definition) is 5. The van der Waals surface area contributed by atoms with E-state index in [-0.39, 0.29) is 30.4 Å². The third-order valence-corrected chi connectivity index (χ3v) is 5.41. The van der Waals surface area contributed by atoms with E-state index in [0.717, 1.165) is 19.4 Å². The van der Waals surface area contributed by atoms with Crippen molar-refractivity contribution in [2.45, 2.75) is 86.7 Å². The van der Waals surface area contributed by atoms with E-state index in [1.165, 1.54) is 11.3 Å². The fourth-order valence-corrected chi connectivity index (χ4v) is 3.50. The first kappa shape index (κ1) is 30.1. The van der Waals surface area contributed by atoms with Gasteiger partial charge in [0.2, 0.25) is 11.8 Å². The molecule has 7 nitrogen and oxygen atoms in total. The first-order valence-electron chi connectivity index (χ1n) is 11.9. The third-order valence-electron chi connectivity index (χ3n) is 5.41. The summed E-state index contributed by atoms with van der Waals surface area (Å²) in [5.74, 6) is -0.0850. The van der Waals surface area contributed by atoms with E-state index in [1.807, 2.05) is 27.8 Å². The number of nitrogens with one attached hydrogen (secondary N) is 1. The molecule has 3 unspecified atom stereocenters. The average Bonchev–Trinajstić information content (AvgIpc) is 2.69. The van der Waals surface area contributed by atoms with Crippen molar-refractivity contribution in [1.82, 2.24) is 15.1 Å². The predicted octanol–water partition coefficient (Wildman–Crippen LogP) is 3.63. The molecule has 1 saturated heterocycles. The smallest absolute Gasteiger partial charge is 0.333 e. The van der Waals surface area contributed by atoms with E-state index >= 15 is 0 Å². The Kier molecular flexibility index (Phi) is 13.5. The van der Waals surface area contributed by atoms with Crippen LogP contribution in [0.1, 0.15) is 74.7 Å². The van der Waals surface area contributed by atoms with E-state index < -0.39 is 11.5 Å². The van der Waals surface area contributed by atoms with E-state index in [4.69, 9.17) is 4.74 Å². The summed E-state index contributed by atoms with van der Waals surface area (Å²) in [4.78, 5) is 41.4. The molecule has 2 amide bonds. The van der Waals surface area contributed by atoms with Crippen LogP contribution in [0, 0.1) is 11.3 Å². The van der Waals surface area contributed by atoms with Gasteiger partial charge in [0, 0.05) is 25.7 Å². The molecule has 7 heteroatoms. The number of ether oxygens (including phenoxy) is 1. The molecule has 0 aromatic carbocycles. The molecule has 1 aliphatic rings. The Morgan fingerprint density at radius 3 is 2.22 bits per heavy atom. The van der Waals surface area contributed by atoms with Crippen LogP contribution in [0.2, 0.25) is 0 Å². The van der Waals surface area contributed by atoms with Gasteiger partial charge in [-0.05, 0) is 45.1 Å². The summed E-state index contributed by atoms with van der Waals surface area (Å²) in [6, 6.07) is -0.857. The molecule has 3 atom stereocenters. The van der Waals surface area contributed by atoms with E-state index in [2.05, 4.69) is 31.0 Å². The Bertz CT molecular complexity index is 640. The largest absolute Gasteiger partial charge is 0.463 e. The number of piperidine rings is 1. The second kappa shape index (κ2) is 14.3. The minimum Gasteiger partial charge on any atom is -0.463 e. The van der Waals surface area contributed by atoms with Crippen molar-refractivity contribution in [2.75, 3.05) is 33.8 Å². The van der Waals surface area contributed by atoms with Crippen LogP contribution < -0.4 is 5.32 Å². The Morgan fingerprint density at radius 2 is 1.75 bits per heavy atom. The van der Waals surface area contributed by atoms with Crippen LogP contribution in [0.5, 0.6) is 0 Å². The fourth-order valence-electron chi connectivity index (χ4n) is 3.50. The van der Waals surface area contributed by atoms with Gasteiger partial charge in [0.15, 0.2) is 0 Å². The van der Waals surface area contributed by atoms with Crippen molar-refractivity contribution >= 4 is 17.8 Å². The molecule has 1 rings (SSSR count). The molecule has 32 heavy (non-hydrogen) atoms. The Labute approximate surface area is 195 Å². The number of hydrogen-bond donors (Lipinski definition) is 1. The molecule has 1 aliphatic heterocycles. The van der Waals surface area contributed by atoms with E-state index in [9.17, 15) is 14.4 Å². The molecule has 186 valence electrons. The average molecular weight is 454 g/mol. The van der Waals surface area contributed by atoms with Crippen LogP contribution >= 0.6 is 0 Å². The monoisotopic (exact) mass is 453 g/mol. The van der Waals surface area contributed by atoms with Gasteiger partial charge in [-0.25, -0.2) is 4.79 Å². The van der Waals surface area contributed by atoms with E-state index in [1.54, 1.807) is 27.0 Å². The highest BCUT2D eigenvalue weighted by Crippen LogP contribution is 2.24. The number of nitrogens with zero attached hydrogens (tertiary/aromatic N) is 2. The summed E-state index contributed by atoms with van der Waals surface area (Å²) in [5, 5.41) is 3.00. The van der Waals surface area contributed by atoms with Crippen LogP contribution in [0.3, 0.4) is 0 Å². The fraction of sp³-hybridized carbons (Fsp3) is 0.800. The number of rotatable bonds is 7. The Hall–Kier alpha value is -1.89. The minimum absolute atomic E-state index is 0.0979. The van der Waals surface area contributed by atoms with Gasteiger partial charge < -0.3 is 15.0 Å². The van der Waals surface area contributed by atoms with Crippen LogP contribution in [-0.4, -0.2) is 73.5 Å². The van der Waals surface area contributed by atoms with Gasteiger partial charge in [-0.2, -0.15) is 0 Å². The Morgan fingerprint density at radius 1 is 1.19 bits per heavy atom. The quantitative estimate of drug-likeness (QED) is 0.470. The SMILES string of the molecule is CCC.CCOC(=O)/C(C)=C/CN(C)C(=O)C(NC(=O)C1CCC(C)CN1C)C(C)(C)C. The van der Waals surface area contributed by atoms with Crippen LogP contribution in [0.15, 0.2) is 11.6 Å². The lowest BCUT2D eigenvalue weighted by atomic mass is 9.85. The zero-order chi connectivity index (χ0) is 25.1. The van der Waals surface area contributed by atoms with Gasteiger partial charge in [-0.3, -0.25) is 14.5 Å². The van der Waals surface area contributed by atoms with Gasteiger partial charge in [-0.15, -0.1) is 0 Å². The van der Waals surface area contributed by atoms with Crippen molar-refractivity contribution in [3.8, 4) is 0 Å². The summed E-state index contributed by atoms with van der Waals surface area (Å²) in [6.45, 7) is 17.1. The molecule has 0 aliphatic carbocycles. The number of amides is 2. The molecule has 1 fully saturated rings. The van der Waals surface area contributed by atoms with Gasteiger partial charge >= 0.3 is 5.97 Å². The lowest BCUT2D eigenvalue weighted by molar-refractivity contribution is -0.140. The summed E-state index contributed by atoms with van der Waals surface area (Å²) >= 11 is 0. The lowest BCUT2D eigenvalue weighted by Gasteiger charge is -2.38. The highest BCUT2D eigenvalue weighted by atomic mass is 16.5. The van der Waals surface area contributed by atoms with E-state index in [0.29, 0.717) is 18.1 Å². The highest BCUT2D eigenvalue weighted by Gasteiger charge is 2.37. The normalized spacial score (nSPS) is 20.5. The maximum absolute atomic E-state index is 13.1. The zero-order valence-corrected chi connectivity index (χ0v) is 22.1. The molecule has 0 radical (unpaired) electrons. The van der Waals surface area contributed by atoms with Gasteiger partial charge in [0.1, 0.15) is 6.04 Å². The maximum atomic E-state index is 13.1. The van der Waals surface area contributed by atoms with Crippen molar-refractivity contribution in [2.24, 2.45) is 11.3 Å². The number of carbonyl (C=O) groups is 3. The number of esters is 1. The molecule has 0 spiro atoms. The maximum Gasteiger partial charge on any atom is 0.333 e. The van der Waals surface area contributed by atoms with Gasteiger partial charge in [0.05, 0.1) is 12.6 Å². The molecule has 0 aromatic rings. The van der Waals surface area contributed by atoms with Crippen molar-refractivity contribution in [3.63, 3.8) is 0 Å². The van der Waals surface area contributed by atoms with Crippen LogP contribution in [0.4, 0.5) is 0 Å². The molecule has 0 bridgehead atoms. The van der Waals surface area contributed by atoms with Crippen molar-refractivity contribution in [3.05, 3.63) is 11.6 Å². The summed E-state index contributed by atoms with van der Waals surface area (Å²) in [5.41, 5.74) is 0.0160. The van der Waals surface area contributed by atoms with Gasteiger partial charge in [0.25, 0.3) is 0 Å². The molecular formula is C25H47N3O4.